The number of carboxylic acids is 1. The fourth-order valence-electron chi connectivity index (χ4n) is 2.57. The van der Waals surface area contributed by atoms with Gasteiger partial charge in [-0.1, -0.05) is 6.92 Å². The van der Waals surface area contributed by atoms with Gasteiger partial charge in [0.25, 0.3) is 0 Å². The summed E-state index contributed by atoms with van der Waals surface area (Å²) in [6.07, 6.45) is 2.94. The van der Waals surface area contributed by atoms with Crippen LogP contribution in [0.1, 0.15) is 43.5 Å². The van der Waals surface area contributed by atoms with Crippen LogP contribution in [-0.2, 0) is 0 Å². The number of rotatable bonds is 3. The number of likely N-dealkylation sites (tertiary alicyclic amines) is 1. The summed E-state index contributed by atoms with van der Waals surface area (Å²) in [4.78, 5) is 25.1. The van der Waals surface area contributed by atoms with Crippen LogP contribution in [0, 0.1) is 0 Å². The molecule has 1 aromatic rings. The summed E-state index contributed by atoms with van der Waals surface area (Å²) < 4.78 is 0. The molecular formula is C13H18N2O3S. The lowest BCUT2D eigenvalue weighted by atomic mass is 10.2. The minimum absolute atomic E-state index is 0.151. The highest BCUT2D eigenvalue weighted by Crippen LogP contribution is 2.29. The third-order valence-corrected chi connectivity index (χ3v) is 4.44. The van der Waals surface area contributed by atoms with Crippen molar-refractivity contribution in [1.82, 2.24) is 4.90 Å². The minimum atomic E-state index is -1.02. The number of anilines is 1. The normalized spacial score (nSPS) is 22.5. The van der Waals surface area contributed by atoms with Gasteiger partial charge in [-0.05, 0) is 37.6 Å². The van der Waals surface area contributed by atoms with Gasteiger partial charge in [-0.15, -0.1) is 11.3 Å². The monoisotopic (exact) mass is 282 g/mol. The zero-order valence-electron chi connectivity index (χ0n) is 11.0. The van der Waals surface area contributed by atoms with Crippen LogP contribution in [0.15, 0.2) is 11.4 Å². The van der Waals surface area contributed by atoms with Crippen LogP contribution >= 0.6 is 11.3 Å². The molecular weight excluding hydrogens is 264 g/mol. The Bertz CT molecular complexity index is 486. The number of hydrogen-bond donors (Lipinski definition) is 2. The molecule has 0 saturated carbocycles. The van der Waals surface area contributed by atoms with E-state index in [-0.39, 0.29) is 23.7 Å². The van der Waals surface area contributed by atoms with Crippen LogP contribution < -0.4 is 5.32 Å². The number of nitrogens with zero attached hydrogens (tertiary/aromatic N) is 1. The van der Waals surface area contributed by atoms with Gasteiger partial charge in [0, 0.05) is 12.1 Å². The zero-order valence-corrected chi connectivity index (χ0v) is 11.9. The van der Waals surface area contributed by atoms with Crippen molar-refractivity contribution in [2.45, 2.75) is 45.2 Å². The first-order valence-corrected chi connectivity index (χ1v) is 7.32. The molecule has 0 bridgehead atoms. The smallest absolute Gasteiger partial charge is 0.338 e. The Labute approximate surface area is 116 Å². The fourth-order valence-corrected chi connectivity index (χ4v) is 3.34. The molecule has 2 N–H and O–H groups in total. The number of nitrogens with one attached hydrogen (secondary N) is 1. The molecule has 1 aromatic heterocycles. The zero-order chi connectivity index (χ0) is 14.0. The molecule has 1 saturated heterocycles. The number of thiophene rings is 1. The second-order valence-electron chi connectivity index (χ2n) is 4.79. The largest absolute Gasteiger partial charge is 0.478 e. The summed E-state index contributed by atoms with van der Waals surface area (Å²) >= 11 is 1.24. The molecule has 0 aromatic carbocycles. The predicted molar refractivity (Wildman–Crippen MR) is 74.9 cm³/mol. The highest BCUT2D eigenvalue weighted by atomic mass is 32.1. The number of carbonyl (C=O) groups is 2. The van der Waals surface area contributed by atoms with Gasteiger partial charge in [-0.3, -0.25) is 5.32 Å². The average molecular weight is 282 g/mol. The summed E-state index contributed by atoms with van der Waals surface area (Å²) in [5.41, 5.74) is 0.151. The fraction of sp³-hybridized carbons (Fsp3) is 0.538. The Morgan fingerprint density at radius 1 is 1.53 bits per heavy atom. The Morgan fingerprint density at radius 3 is 2.89 bits per heavy atom. The second kappa shape index (κ2) is 5.61. The molecule has 1 aliphatic heterocycles. The van der Waals surface area contributed by atoms with E-state index in [4.69, 9.17) is 5.11 Å². The van der Waals surface area contributed by atoms with E-state index in [1.54, 1.807) is 5.38 Å². The minimum Gasteiger partial charge on any atom is -0.478 e. The van der Waals surface area contributed by atoms with Crippen molar-refractivity contribution >= 4 is 28.3 Å². The van der Waals surface area contributed by atoms with Gasteiger partial charge < -0.3 is 10.0 Å². The molecule has 2 heterocycles. The second-order valence-corrected chi connectivity index (χ2v) is 5.71. The van der Waals surface area contributed by atoms with Gasteiger partial charge >= 0.3 is 12.0 Å². The Kier molecular flexibility index (Phi) is 4.09. The van der Waals surface area contributed by atoms with Crippen molar-refractivity contribution in [1.29, 1.82) is 0 Å². The van der Waals surface area contributed by atoms with Crippen LogP contribution in [0.3, 0.4) is 0 Å². The summed E-state index contributed by atoms with van der Waals surface area (Å²) in [6.45, 7) is 4.10. The molecule has 104 valence electrons. The van der Waals surface area contributed by atoms with E-state index in [1.807, 2.05) is 11.8 Å². The molecule has 6 heteroatoms. The molecule has 19 heavy (non-hydrogen) atoms. The van der Waals surface area contributed by atoms with E-state index in [0.717, 1.165) is 19.3 Å². The third kappa shape index (κ3) is 2.73. The van der Waals surface area contributed by atoms with Crippen LogP contribution in [0.5, 0.6) is 0 Å². The molecule has 2 unspecified atom stereocenters. The number of amides is 2. The molecule has 0 spiro atoms. The topological polar surface area (TPSA) is 69.6 Å². The van der Waals surface area contributed by atoms with E-state index in [1.165, 1.54) is 17.4 Å². The van der Waals surface area contributed by atoms with Crippen molar-refractivity contribution in [3.8, 4) is 0 Å². The van der Waals surface area contributed by atoms with E-state index in [2.05, 4.69) is 12.2 Å². The first kappa shape index (κ1) is 13.9. The lowest BCUT2D eigenvalue weighted by Crippen LogP contribution is -2.42. The molecule has 1 aliphatic rings. The Balaban J connectivity index is 2.12. The summed E-state index contributed by atoms with van der Waals surface area (Å²) in [5.74, 6) is -1.02. The quantitative estimate of drug-likeness (QED) is 0.894. The van der Waals surface area contributed by atoms with Gasteiger partial charge in [-0.25, -0.2) is 9.59 Å². The van der Waals surface area contributed by atoms with Crippen LogP contribution in [0.4, 0.5) is 9.80 Å². The predicted octanol–water partition coefficient (Wildman–Crippen LogP) is 3.24. The maximum absolute atomic E-state index is 12.3. The molecule has 2 rings (SSSR count). The van der Waals surface area contributed by atoms with Crippen LogP contribution in [-0.4, -0.2) is 34.1 Å². The Morgan fingerprint density at radius 2 is 2.26 bits per heavy atom. The van der Waals surface area contributed by atoms with Crippen molar-refractivity contribution < 1.29 is 14.7 Å². The maximum Gasteiger partial charge on any atom is 0.338 e. The first-order chi connectivity index (χ1) is 9.04. The molecule has 0 aliphatic carbocycles. The van der Waals surface area contributed by atoms with Crippen molar-refractivity contribution in [3.63, 3.8) is 0 Å². The molecule has 2 amide bonds. The number of urea groups is 1. The standard InChI is InChI=1S/C13H18N2O3S/c1-3-9-5-4-8(2)15(9)13(18)14-11-10(12(16)17)6-7-19-11/h6-9H,3-5H2,1-2H3,(H,14,18)(H,16,17). The molecule has 5 nitrogen and oxygen atoms in total. The van der Waals surface area contributed by atoms with Crippen LogP contribution in [0.25, 0.3) is 0 Å². The Hall–Kier alpha value is -1.56. The first-order valence-electron chi connectivity index (χ1n) is 6.44. The average Bonchev–Trinajstić information content (AvgIpc) is 2.95. The van der Waals surface area contributed by atoms with E-state index in [0.29, 0.717) is 5.00 Å². The highest BCUT2D eigenvalue weighted by molar-refractivity contribution is 7.14. The van der Waals surface area contributed by atoms with Gasteiger partial charge in [-0.2, -0.15) is 0 Å². The van der Waals surface area contributed by atoms with E-state index in [9.17, 15) is 9.59 Å². The van der Waals surface area contributed by atoms with Crippen molar-refractivity contribution in [3.05, 3.63) is 17.0 Å². The summed E-state index contributed by atoms with van der Waals surface area (Å²) in [5, 5.41) is 13.8. The maximum atomic E-state index is 12.3. The van der Waals surface area contributed by atoms with E-state index >= 15 is 0 Å². The van der Waals surface area contributed by atoms with Gasteiger partial charge in [0.2, 0.25) is 0 Å². The molecule has 2 atom stereocenters. The highest BCUT2D eigenvalue weighted by Gasteiger charge is 2.33. The molecule has 0 radical (unpaired) electrons. The SMILES string of the molecule is CCC1CCC(C)N1C(=O)Nc1sccc1C(=O)O. The summed E-state index contributed by atoms with van der Waals surface area (Å²) in [7, 11) is 0. The number of aromatic carboxylic acids is 1. The number of hydrogen-bond acceptors (Lipinski definition) is 3. The number of carboxylic acid groups (broad SMARTS) is 1. The third-order valence-electron chi connectivity index (χ3n) is 3.61. The van der Waals surface area contributed by atoms with Gasteiger partial charge in [0.15, 0.2) is 0 Å². The van der Waals surface area contributed by atoms with Crippen molar-refractivity contribution in [2.24, 2.45) is 0 Å². The summed E-state index contributed by atoms with van der Waals surface area (Å²) in [6, 6.07) is 1.77. The van der Waals surface area contributed by atoms with Gasteiger partial charge in [0.1, 0.15) is 5.00 Å². The number of carbonyl (C=O) groups excluding carboxylic acids is 1. The van der Waals surface area contributed by atoms with Gasteiger partial charge in [0.05, 0.1) is 5.56 Å². The van der Waals surface area contributed by atoms with Crippen molar-refractivity contribution in [2.75, 3.05) is 5.32 Å². The molecule has 1 fully saturated rings. The lowest BCUT2D eigenvalue weighted by molar-refractivity contribution is 0.0698. The lowest BCUT2D eigenvalue weighted by Gasteiger charge is -2.27. The van der Waals surface area contributed by atoms with Crippen LogP contribution in [0.2, 0.25) is 0 Å². The van der Waals surface area contributed by atoms with E-state index < -0.39 is 5.97 Å².